The number of amides is 1. The lowest BCUT2D eigenvalue weighted by Gasteiger charge is -2.30. The van der Waals surface area contributed by atoms with Gasteiger partial charge in [-0.15, -0.1) is 0 Å². The Hall–Kier alpha value is -1.65. The van der Waals surface area contributed by atoms with E-state index in [2.05, 4.69) is 0 Å². The molecule has 1 amide bonds. The summed E-state index contributed by atoms with van der Waals surface area (Å²) in [7, 11) is 0. The second-order valence-corrected chi connectivity index (χ2v) is 5.90. The van der Waals surface area contributed by atoms with E-state index < -0.39 is 11.6 Å². The number of carbonyl (C=O) groups excluding carboxylic acids is 1. The van der Waals surface area contributed by atoms with E-state index in [1.807, 2.05) is 0 Å². The molecular weight excluding hydrogens is 331 g/mol. The van der Waals surface area contributed by atoms with E-state index in [9.17, 15) is 13.6 Å². The Bertz CT molecular complexity index is 764. The second-order valence-electron chi connectivity index (χ2n) is 5.08. The smallest absolute Gasteiger partial charge is 0.258 e. The van der Waals surface area contributed by atoms with E-state index in [4.69, 9.17) is 23.2 Å². The van der Waals surface area contributed by atoms with Crippen LogP contribution in [0.3, 0.4) is 0 Å². The Labute approximate surface area is 136 Å². The zero-order chi connectivity index (χ0) is 15.9. The zero-order valence-electron chi connectivity index (χ0n) is 11.4. The maximum atomic E-state index is 14.1. The molecule has 1 aliphatic heterocycles. The number of nitrogens with zero attached hydrogens (tertiary/aromatic N) is 1. The third kappa shape index (κ3) is 2.69. The molecule has 1 heterocycles. The van der Waals surface area contributed by atoms with Crippen molar-refractivity contribution in [2.75, 3.05) is 11.4 Å². The van der Waals surface area contributed by atoms with E-state index in [1.54, 1.807) is 0 Å². The Morgan fingerprint density at radius 2 is 1.86 bits per heavy atom. The van der Waals surface area contributed by atoms with Crippen LogP contribution in [0.4, 0.5) is 14.5 Å². The molecule has 0 bridgehead atoms. The predicted octanol–water partition coefficient (Wildman–Crippen LogP) is 4.86. The number of aryl methyl sites for hydroxylation is 1. The van der Waals surface area contributed by atoms with E-state index in [0.717, 1.165) is 6.07 Å². The fourth-order valence-corrected chi connectivity index (χ4v) is 2.94. The molecule has 0 aliphatic carbocycles. The number of carbonyl (C=O) groups is 1. The van der Waals surface area contributed by atoms with Crippen LogP contribution in [0.15, 0.2) is 30.3 Å². The van der Waals surface area contributed by atoms with Gasteiger partial charge in [-0.2, -0.15) is 0 Å². The lowest BCUT2D eigenvalue weighted by Crippen LogP contribution is -2.36. The highest BCUT2D eigenvalue weighted by Gasteiger charge is 2.27. The van der Waals surface area contributed by atoms with Crippen LogP contribution in [-0.2, 0) is 6.42 Å². The molecule has 0 atom stereocenters. The van der Waals surface area contributed by atoms with Crippen molar-refractivity contribution in [1.29, 1.82) is 0 Å². The van der Waals surface area contributed by atoms with Gasteiger partial charge in [-0.05, 0) is 42.7 Å². The van der Waals surface area contributed by atoms with E-state index >= 15 is 0 Å². The average Bonchev–Trinajstić information content (AvgIpc) is 2.48. The predicted molar refractivity (Wildman–Crippen MR) is 82.8 cm³/mol. The van der Waals surface area contributed by atoms with Gasteiger partial charge >= 0.3 is 0 Å². The quantitative estimate of drug-likeness (QED) is 0.724. The van der Waals surface area contributed by atoms with Gasteiger partial charge in [-0.3, -0.25) is 4.79 Å². The van der Waals surface area contributed by atoms with Crippen molar-refractivity contribution < 1.29 is 13.6 Å². The molecule has 22 heavy (non-hydrogen) atoms. The Morgan fingerprint density at radius 3 is 2.59 bits per heavy atom. The minimum atomic E-state index is -0.733. The number of halogens is 4. The molecule has 0 spiro atoms. The molecule has 0 saturated carbocycles. The lowest BCUT2D eigenvalue weighted by atomic mass is 10.00. The SMILES string of the molecule is O=C(c1ccc(Cl)c(Cl)c1)N1CCCc2cc(F)cc(F)c21. The number of anilines is 1. The summed E-state index contributed by atoms with van der Waals surface area (Å²) in [6.45, 7) is 0.370. The summed E-state index contributed by atoms with van der Waals surface area (Å²) in [5, 5.41) is 0.592. The number of fused-ring (bicyclic) bond motifs is 1. The zero-order valence-corrected chi connectivity index (χ0v) is 12.9. The van der Waals surface area contributed by atoms with Crippen LogP contribution in [0.1, 0.15) is 22.3 Å². The summed E-state index contributed by atoms with van der Waals surface area (Å²) in [5.74, 6) is -1.76. The fraction of sp³-hybridized carbons (Fsp3) is 0.188. The van der Waals surface area contributed by atoms with E-state index in [0.29, 0.717) is 35.5 Å². The maximum Gasteiger partial charge on any atom is 0.258 e. The van der Waals surface area contributed by atoms with Gasteiger partial charge < -0.3 is 4.90 Å². The third-order valence-corrected chi connectivity index (χ3v) is 4.36. The van der Waals surface area contributed by atoms with Crippen LogP contribution < -0.4 is 4.90 Å². The molecule has 2 aromatic rings. The standard InChI is InChI=1S/C16H11Cl2F2NO/c17-12-4-3-10(7-13(12)18)16(22)21-5-1-2-9-6-11(19)8-14(20)15(9)21/h3-4,6-8H,1-2,5H2. The van der Waals surface area contributed by atoms with Gasteiger partial charge in [0.25, 0.3) is 5.91 Å². The van der Waals surface area contributed by atoms with Gasteiger partial charge in [0.15, 0.2) is 0 Å². The van der Waals surface area contributed by atoms with Crippen LogP contribution in [0, 0.1) is 11.6 Å². The summed E-state index contributed by atoms with van der Waals surface area (Å²) in [4.78, 5) is 14.0. The molecule has 114 valence electrons. The molecule has 6 heteroatoms. The maximum absolute atomic E-state index is 14.1. The van der Waals surface area contributed by atoms with Gasteiger partial charge in [-0.1, -0.05) is 23.2 Å². The van der Waals surface area contributed by atoms with Gasteiger partial charge in [0, 0.05) is 18.2 Å². The van der Waals surface area contributed by atoms with E-state index in [-0.39, 0.29) is 16.6 Å². The molecular formula is C16H11Cl2F2NO. The molecule has 0 N–H and O–H groups in total. The number of hydrogen-bond acceptors (Lipinski definition) is 1. The molecule has 2 aromatic carbocycles. The van der Waals surface area contributed by atoms with Crippen LogP contribution in [0.2, 0.25) is 10.0 Å². The van der Waals surface area contributed by atoms with Crippen molar-refractivity contribution in [3.05, 3.63) is 63.1 Å². The van der Waals surface area contributed by atoms with Crippen molar-refractivity contribution in [3.8, 4) is 0 Å². The first-order chi connectivity index (χ1) is 10.5. The van der Waals surface area contributed by atoms with Gasteiger partial charge in [0.2, 0.25) is 0 Å². The van der Waals surface area contributed by atoms with Crippen LogP contribution in [0.5, 0.6) is 0 Å². The highest BCUT2D eigenvalue weighted by atomic mass is 35.5. The van der Waals surface area contributed by atoms with Crippen LogP contribution in [0.25, 0.3) is 0 Å². The van der Waals surface area contributed by atoms with Crippen LogP contribution >= 0.6 is 23.2 Å². The average molecular weight is 342 g/mol. The van der Waals surface area contributed by atoms with Crippen molar-refractivity contribution in [2.24, 2.45) is 0 Å². The minimum Gasteiger partial charge on any atom is -0.305 e. The molecule has 3 rings (SSSR count). The molecule has 0 fully saturated rings. The number of hydrogen-bond donors (Lipinski definition) is 0. The molecule has 0 aromatic heterocycles. The monoisotopic (exact) mass is 341 g/mol. The Kier molecular flexibility index (Phi) is 4.06. The van der Waals surface area contributed by atoms with Crippen LogP contribution in [-0.4, -0.2) is 12.5 Å². The summed E-state index contributed by atoms with van der Waals surface area (Å²) >= 11 is 11.8. The second kappa shape index (κ2) is 5.86. The third-order valence-electron chi connectivity index (χ3n) is 3.62. The molecule has 0 unspecified atom stereocenters. The summed E-state index contributed by atoms with van der Waals surface area (Å²) < 4.78 is 27.4. The lowest BCUT2D eigenvalue weighted by molar-refractivity contribution is 0.0984. The highest BCUT2D eigenvalue weighted by molar-refractivity contribution is 6.42. The molecule has 1 aliphatic rings. The van der Waals surface area contributed by atoms with Gasteiger partial charge in [-0.25, -0.2) is 8.78 Å². The number of benzene rings is 2. The van der Waals surface area contributed by atoms with Crippen molar-refractivity contribution in [2.45, 2.75) is 12.8 Å². The minimum absolute atomic E-state index is 0.142. The summed E-state index contributed by atoms with van der Waals surface area (Å²) in [6, 6.07) is 6.56. The van der Waals surface area contributed by atoms with Crippen molar-refractivity contribution >= 4 is 34.8 Å². The Morgan fingerprint density at radius 1 is 1.09 bits per heavy atom. The summed E-state index contributed by atoms with van der Waals surface area (Å²) in [5.41, 5.74) is 0.951. The summed E-state index contributed by atoms with van der Waals surface area (Å²) in [6.07, 6.45) is 1.18. The molecule has 0 radical (unpaired) electrons. The fourth-order valence-electron chi connectivity index (χ4n) is 2.64. The molecule has 0 saturated heterocycles. The van der Waals surface area contributed by atoms with E-state index in [1.165, 1.54) is 29.2 Å². The number of rotatable bonds is 1. The Balaban J connectivity index is 2.03. The molecule has 2 nitrogen and oxygen atoms in total. The highest BCUT2D eigenvalue weighted by Crippen LogP contribution is 2.33. The topological polar surface area (TPSA) is 20.3 Å². The first kappa shape index (κ1) is 15.3. The van der Waals surface area contributed by atoms with Crippen molar-refractivity contribution in [3.63, 3.8) is 0 Å². The van der Waals surface area contributed by atoms with Crippen molar-refractivity contribution in [1.82, 2.24) is 0 Å². The first-order valence-corrected chi connectivity index (χ1v) is 7.48. The van der Waals surface area contributed by atoms with Gasteiger partial charge in [0.05, 0.1) is 15.7 Å². The first-order valence-electron chi connectivity index (χ1n) is 6.72. The van der Waals surface area contributed by atoms with Gasteiger partial charge in [0.1, 0.15) is 11.6 Å². The normalized spacial score (nSPS) is 13.9. The largest absolute Gasteiger partial charge is 0.305 e.